The molecule has 0 saturated heterocycles. The van der Waals surface area contributed by atoms with Crippen LogP contribution in [0.1, 0.15) is 31.2 Å². The molecule has 2 aromatic heterocycles. The van der Waals surface area contributed by atoms with Gasteiger partial charge in [-0.15, -0.1) is 11.3 Å². The Balaban J connectivity index is 1.79. The number of benzene rings is 1. The first-order valence-electron chi connectivity index (χ1n) is 8.65. The van der Waals surface area contributed by atoms with Gasteiger partial charge in [-0.1, -0.05) is 40.7 Å². The van der Waals surface area contributed by atoms with Crippen LogP contribution in [0.3, 0.4) is 0 Å². The molecule has 3 aromatic rings. The van der Waals surface area contributed by atoms with E-state index in [0.717, 1.165) is 15.8 Å². The van der Waals surface area contributed by atoms with Crippen molar-refractivity contribution in [1.82, 2.24) is 14.9 Å². The number of thiophene rings is 1. The molecule has 0 radical (unpaired) electrons. The molecule has 0 saturated carbocycles. The standard InChI is InChI=1S/C19H20BrN3O2S2/c1-3-8-23-18(25)14-10-13(20)6-7-15(14)22-19(23)27-11-17(24)21-12(2)16-5-4-9-26-16/h4-7,9-10,12H,3,8,11H2,1-2H3,(H,21,24). The molecule has 1 amide bonds. The highest BCUT2D eigenvalue weighted by Gasteiger charge is 2.15. The SMILES string of the molecule is CCCn1c(SCC(=O)NC(C)c2cccs2)nc2ccc(Br)cc2c1=O. The van der Waals surface area contributed by atoms with Crippen LogP contribution in [0, 0.1) is 0 Å². The van der Waals surface area contributed by atoms with Crippen LogP contribution in [0.4, 0.5) is 0 Å². The van der Waals surface area contributed by atoms with Gasteiger partial charge >= 0.3 is 0 Å². The molecule has 2 heterocycles. The zero-order valence-corrected chi connectivity index (χ0v) is 18.3. The van der Waals surface area contributed by atoms with Gasteiger partial charge in [0, 0.05) is 15.9 Å². The molecule has 1 aromatic carbocycles. The van der Waals surface area contributed by atoms with E-state index in [-0.39, 0.29) is 23.3 Å². The number of thioether (sulfide) groups is 1. The smallest absolute Gasteiger partial charge is 0.262 e. The Kier molecular flexibility index (Phi) is 6.73. The molecular weight excluding hydrogens is 446 g/mol. The molecule has 0 fully saturated rings. The molecule has 0 aliphatic rings. The number of carbonyl (C=O) groups excluding carboxylic acids is 1. The fourth-order valence-corrected chi connectivity index (χ4v) is 4.66. The van der Waals surface area contributed by atoms with Gasteiger partial charge in [0.15, 0.2) is 5.16 Å². The number of aromatic nitrogens is 2. The van der Waals surface area contributed by atoms with Crippen molar-refractivity contribution >= 4 is 55.8 Å². The largest absolute Gasteiger partial charge is 0.348 e. The summed E-state index contributed by atoms with van der Waals surface area (Å²) < 4.78 is 2.51. The Labute approximate surface area is 174 Å². The minimum Gasteiger partial charge on any atom is -0.348 e. The van der Waals surface area contributed by atoms with Gasteiger partial charge in [0.25, 0.3) is 5.56 Å². The molecule has 0 aliphatic carbocycles. The molecule has 0 bridgehead atoms. The maximum atomic E-state index is 12.9. The molecule has 27 heavy (non-hydrogen) atoms. The van der Waals surface area contributed by atoms with Gasteiger partial charge in [-0.2, -0.15) is 0 Å². The van der Waals surface area contributed by atoms with Crippen molar-refractivity contribution in [3.8, 4) is 0 Å². The Hall–Kier alpha value is -1.64. The number of nitrogens with one attached hydrogen (secondary N) is 1. The van der Waals surface area contributed by atoms with Crippen LogP contribution in [0.5, 0.6) is 0 Å². The summed E-state index contributed by atoms with van der Waals surface area (Å²) in [5.41, 5.74) is 0.573. The molecular formula is C19H20BrN3O2S2. The lowest BCUT2D eigenvalue weighted by molar-refractivity contribution is -0.119. The molecule has 1 N–H and O–H groups in total. The summed E-state index contributed by atoms with van der Waals surface area (Å²) in [6, 6.07) is 9.42. The first-order chi connectivity index (χ1) is 13.0. The number of halogens is 1. The third-order valence-corrected chi connectivity index (χ3v) is 6.53. The lowest BCUT2D eigenvalue weighted by atomic mass is 10.2. The predicted octanol–water partition coefficient (Wildman–Crippen LogP) is 4.60. The normalized spacial score (nSPS) is 12.3. The summed E-state index contributed by atoms with van der Waals surface area (Å²) in [7, 11) is 0. The van der Waals surface area contributed by atoms with E-state index in [1.54, 1.807) is 22.0 Å². The fraction of sp³-hybridized carbons (Fsp3) is 0.316. The second-order valence-corrected chi connectivity index (χ2v) is 8.94. The van der Waals surface area contributed by atoms with Crippen LogP contribution < -0.4 is 10.9 Å². The second kappa shape index (κ2) is 9.03. The summed E-state index contributed by atoms with van der Waals surface area (Å²) in [5.74, 6) is 0.141. The number of carbonyl (C=O) groups is 1. The van der Waals surface area contributed by atoms with Crippen LogP contribution in [0.25, 0.3) is 10.9 Å². The summed E-state index contributed by atoms with van der Waals surface area (Å²) >= 11 is 6.32. The Bertz CT molecular complexity index is 1000. The van der Waals surface area contributed by atoms with Crippen molar-refractivity contribution in [2.24, 2.45) is 0 Å². The number of fused-ring (bicyclic) bond motifs is 1. The predicted molar refractivity (Wildman–Crippen MR) is 116 cm³/mol. The van der Waals surface area contributed by atoms with Crippen LogP contribution in [0.15, 0.2) is 50.1 Å². The zero-order chi connectivity index (χ0) is 19.4. The van der Waals surface area contributed by atoms with Gasteiger partial charge in [0.1, 0.15) is 0 Å². The van der Waals surface area contributed by atoms with Crippen LogP contribution in [0.2, 0.25) is 0 Å². The van der Waals surface area contributed by atoms with Crippen molar-refractivity contribution in [1.29, 1.82) is 0 Å². The monoisotopic (exact) mass is 465 g/mol. The molecule has 3 rings (SSSR count). The Morgan fingerprint density at radius 2 is 2.22 bits per heavy atom. The first-order valence-corrected chi connectivity index (χ1v) is 11.3. The van der Waals surface area contributed by atoms with Gasteiger partial charge in [-0.05, 0) is 43.0 Å². The number of nitrogens with zero attached hydrogens (tertiary/aromatic N) is 2. The number of rotatable bonds is 7. The minimum atomic E-state index is -0.0749. The van der Waals surface area contributed by atoms with E-state index < -0.39 is 0 Å². The highest BCUT2D eigenvalue weighted by atomic mass is 79.9. The highest BCUT2D eigenvalue weighted by molar-refractivity contribution is 9.10. The summed E-state index contributed by atoms with van der Waals surface area (Å²) in [5, 5.41) is 6.15. The number of hydrogen-bond donors (Lipinski definition) is 1. The fourth-order valence-electron chi connectivity index (χ4n) is 2.73. The zero-order valence-electron chi connectivity index (χ0n) is 15.1. The van der Waals surface area contributed by atoms with Crippen LogP contribution >= 0.6 is 39.0 Å². The van der Waals surface area contributed by atoms with E-state index in [1.807, 2.05) is 43.5 Å². The maximum Gasteiger partial charge on any atom is 0.262 e. The molecule has 0 aliphatic heterocycles. The molecule has 5 nitrogen and oxygen atoms in total. The molecule has 8 heteroatoms. The first kappa shape index (κ1) is 20.1. The van der Waals surface area contributed by atoms with Gasteiger partial charge in [0.05, 0.1) is 22.7 Å². The van der Waals surface area contributed by atoms with E-state index in [0.29, 0.717) is 22.6 Å². The highest BCUT2D eigenvalue weighted by Crippen LogP contribution is 2.22. The average molecular weight is 466 g/mol. The molecule has 0 spiro atoms. The second-order valence-electron chi connectivity index (χ2n) is 6.11. The van der Waals surface area contributed by atoms with E-state index in [1.165, 1.54) is 11.8 Å². The topological polar surface area (TPSA) is 64.0 Å². The summed E-state index contributed by atoms with van der Waals surface area (Å²) in [6.07, 6.45) is 0.816. The van der Waals surface area contributed by atoms with Crippen molar-refractivity contribution in [3.63, 3.8) is 0 Å². The van der Waals surface area contributed by atoms with Gasteiger partial charge in [-0.3, -0.25) is 14.2 Å². The minimum absolute atomic E-state index is 0.0298. The Morgan fingerprint density at radius 3 is 2.93 bits per heavy atom. The van der Waals surface area contributed by atoms with E-state index in [2.05, 4.69) is 26.2 Å². The van der Waals surface area contributed by atoms with Crippen molar-refractivity contribution in [3.05, 3.63) is 55.4 Å². The molecule has 1 unspecified atom stereocenters. The van der Waals surface area contributed by atoms with Gasteiger partial charge in [-0.25, -0.2) is 4.98 Å². The summed E-state index contributed by atoms with van der Waals surface area (Å²) in [6.45, 7) is 4.55. The van der Waals surface area contributed by atoms with E-state index in [9.17, 15) is 9.59 Å². The lowest BCUT2D eigenvalue weighted by Crippen LogP contribution is -2.28. The molecule has 1 atom stereocenters. The molecule has 142 valence electrons. The van der Waals surface area contributed by atoms with Gasteiger partial charge < -0.3 is 5.32 Å². The van der Waals surface area contributed by atoms with E-state index >= 15 is 0 Å². The summed E-state index contributed by atoms with van der Waals surface area (Å²) in [4.78, 5) is 30.9. The van der Waals surface area contributed by atoms with Gasteiger partial charge in [0.2, 0.25) is 5.91 Å². The Morgan fingerprint density at radius 1 is 1.41 bits per heavy atom. The number of hydrogen-bond acceptors (Lipinski definition) is 5. The van der Waals surface area contributed by atoms with Crippen molar-refractivity contribution in [2.75, 3.05) is 5.75 Å². The average Bonchev–Trinajstić information content (AvgIpc) is 3.18. The van der Waals surface area contributed by atoms with Crippen LogP contribution in [-0.4, -0.2) is 21.2 Å². The third kappa shape index (κ3) is 4.80. The van der Waals surface area contributed by atoms with Crippen LogP contribution in [-0.2, 0) is 11.3 Å². The van der Waals surface area contributed by atoms with Crippen molar-refractivity contribution < 1.29 is 4.79 Å². The number of amides is 1. The van der Waals surface area contributed by atoms with E-state index in [4.69, 9.17) is 0 Å². The maximum absolute atomic E-state index is 12.9. The quantitative estimate of drug-likeness (QED) is 0.408. The third-order valence-electron chi connectivity index (χ3n) is 4.01. The van der Waals surface area contributed by atoms with Crippen molar-refractivity contribution in [2.45, 2.75) is 38.0 Å². The lowest BCUT2D eigenvalue weighted by Gasteiger charge is -2.14.